The van der Waals surface area contributed by atoms with Crippen LogP contribution in [0.25, 0.3) is 0 Å². The number of alkyl halides is 3. The van der Waals surface area contributed by atoms with Gasteiger partial charge in [-0.15, -0.1) is 0 Å². The summed E-state index contributed by atoms with van der Waals surface area (Å²) in [5.41, 5.74) is -3.62. The number of nitrogens with one attached hydrogen (secondary N) is 1. The molecule has 4 nitrogen and oxygen atoms in total. The van der Waals surface area contributed by atoms with E-state index in [4.69, 9.17) is 0 Å². The van der Waals surface area contributed by atoms with Gasteiger partial charge in [-0.1, -0.05) is 12.1 Å². The van der Waals surface area contributed by atoms with Gasteiger partial charge in [0.2, 0.25) is 5.91 Å². The van der Waals surface area contributed by atoms with Gasteiger partial charge in [-0.05, 0) is 24.1 Å². The monoisotopic (exact) mass is 423 g/mol. The van der Waals surface area contributed by atoms with Crippen LogP contribution in [0.4, 0.5) is 36.4 Å². The molecule has 11 heteroatoms. The van der Waals surface area contributed by atoms with Crippen molar-refractivity contribution in [2.45, 2.75) is 19.0 Å². The third-order valence-electron chi connectivity index (χ3n) is 3.83. The van der Waals surface area contributed by atoms with Crippen LogP contribution < -0.4 is 5.32 Å². The van der Waals surface area contributed by atoms with Gasteiger partial charge in [0.1, 0.15) is 11.3 Å². The first-order valence-corrected chi connectivity index (χ1v) is 7.87. The minimum Gasteiger partial charge on any atom is -0.465 e. The lowest BCUT2D eigenvalue weighted by Crippen LogP contribution is -2.20. The van der Waals surface area contributed by atoms with E-state index in [1.165, 1.54) is 36.7 Å². The summed E-state index contributed by atoms with van der Waals surface area (Å²) in [6.45, 7) is 0. The van der Waals surface area contributed by atoms with Crippen molar-refractivity contribution < 1.29 is 45.1 Å². The number of aryl methyl sites for hydroxylation is 1. The van der Waals surface area contributed by atoms with Crippen molar-refractivity contribution in [3.63, 3.8) is 0 Å². The number of halogens is 7. The maximum atomic E-state index is 13.8. The van der Waals surface area contributed by atoms with E-state index in [0.717, 1.165) is 0 Å². The molecule has 0 aliphatic carbocycles. The molecule has 0 heterocycles. The zero-order valence-electron chi connectivity index (χ0n) is 14.6. The summed E-state index contributed by atoms with van der Waals surface area (Å²) in [7, 11) is 1.19. The minimum absolute atomic E-state index is 0.00211. The lowest BCUT2D eigenvalue weighted by atomic mass is 10.1. The predicted molar refractivity (Wildman–Crippen MR) is 86.0 cm³/mol. The molecule has 0 unspecified atom stereocenters. The highest BCUT2D eigenvalue weighted by Gasteiger charge is 2.42. The second kappa shape index (κ2) is 8.50. The van der Waals surface area contributed by atoms with Gasteiger partial charge >= 0.3 is 12.1 Å². The molecule has 0 saturated carbocycles. The summed E-state index contributed by atoms with van der Waals surface area (Å²) in [6.07, 6.45) is -6.09. The number of anilines is 1. The molecule has 1 N–H and O–H groups in total. The van der Waals surface area contributed by atoms with E-state index in [2.05, 4.69) is 4.74 Å². The molecule has 0 atom stereocenters. The number of esters is 1. The summed E-state index contributed by atoms with van der Waals surface area (Å²) >= 11 is 0. The fourth-order valence-electron chi connectivity index (χ4n) is 2.38. The van der Waals surface area contributed by atoms with Gasteiger partial charge in [0.15, 0.2) is 23.3 Å². The summed E-state index contributed by atoms with van der Waals surface area (Å²) < 4.78 is 96.8. The third-order valence-corrected chi connectivity index (χ3v) is 3.83. The van der Waals surface area contributed by atoms with E-state index in [9.17, 15) is 40.3 Å². The largest absolute Gasteiger partial charge is 0.465 e. The molecule has 0 fully saturated rings. The van der Waals surface area contributed by atoms with Crippen molar-refractivity contribution in [3.05, 3.63) is 64.2 Å². The molecule has 0 saturated heterocycles. The van der Waals surface area contributed by atoms with E-state index >= 15 is 0 Å². The Morgan fingerprint density at radius 1 is 0.931 bits per heavy atom. The molecular weight excluding hydrogens is 411 g/mol. The van der Waals surface area contributed by atoms with E-state index < -0.39 is 59.0 Å². The van der Waals surface area contributed by atoms with Crippen LogP contribution >= 0.6 is 0 Å². The van der Waals surface area contributed by atoms with Crippen molar-refractivity contribution >= 4 is 17.6 Å². The quantitative estimate of drug-likeness (QED) is 0.434. The highest BCUT2D eigenvalue weighted by atomic mass is 19.4. The minimum atomic E-state index is -5.67. The third kappa shape index (κ3) is 4.84. The van der Waals surface area contributed by atoms with Crippen LogP contribution in [-0.4, -0.2) is 19.0 Å². The number of carbonyl (C=O) groups is 2. The normalized spacial score (nSPS) is 11.3. The molecule has 156 valence electrons. The van der Waals surface area contributed by atoms with Crippen LogP contribution in [0.1, 0.15) is 27.9 Å². The van der Waals surface area contributed by atoms with Crippen molar-refractivity contribution in [1.82, 2.24) is 0 Å². The fraction of sp³-hybridized carbons (Fsp3) is 0.222. The molecule has 1 amide bonds. The zero-order chi connectivity index (χ0) is 21.9. The Kier molecular flexibility index (Phi) is 6.50. The van der Waals surface area contributed by atoms with Gasteiger partial charge < -0.3 is 10.1 Å². The zero-order valence-corrected chi connectivity index (χ0v) is 14.6. The van der Waals surface area contributed by atoms with Crippen LogP contribution in [0.15, 0.2) is 24.3 Å². The van der Waals surface area contributed by atoms with Crippen LogP contribution in [0.2, 0.25) is 0 Å². The molecule has 2 aromatic rings. The summed E-state index contributed by atoms with van der Waals surface area (Å²) in [6, 6.07) is 5.74. The van der Waals surface area contributed by atoms with Crippen molar-refractivity contribution in [2.24, 2.45) is 0 Å². The van der Waals surface area contributed by atoms with Crippen LogP contribution in [0.3, 0.4) is 0 Å². The SMILES string of the molecule is COC(=O)c1ccc(CCC(=O)Nc2c(F)c(F)c(C(F)(F)F)c(F)c2F)cc1. The standard InChI is InChI=1S/C18H12F7NO3/c1-29-17(28)9-5-2-8(3-6-9)4-7-10(27)26-16-14(21)12(19)11(18(23,24)25)13(20)15(16)22/h2-3,5-6H,4,7H2,1H3,(H,26,27). The molecule has 0 aliphatic heterocycles. The maximum Gasteiger partial charge on any atom is 0.422 e. The van der Waals surface area contributed by atoms with Crippen molar-refractivity contribution in [3.8, 4) is 0 Å². The van der Waals surface area contributed by atoms with E-state index in [-0.39, 0.29) is 12.0 Å². The molecule has 2 rings (SSSR count). The number of methoxy groups -OCH3 is 1. The molecule has 0 aliphatic rings. The fourth-order valence-corrected chi connectivity index (χ4v) is 2.38. The summed E-state index contributed by atoms with van der Waals surface area (Å²) in [5.74, 6) is -11.8. The highest BCUT2D eigenvalue weighted by Crippen LogP contribution is 2.38. The Labute approximate surface area is 159 Å². The van der Waals surface area contributed by atoms with E-state index in [1.54, 1.807) is 0 Å². The number of carbonyl (C=O) groups excluding carboxylic acids is 2. The number of rotatable bonds is 5. The molecule has 0 radical (unpaired) electrons. The Morgan fingerprint density at radius 3 is 1.90 bits per heavy atom. The summed E-state index contributed by atoms with van der Waals surface area (Å²) in [4.78, 5) is 23.1. The first-order chi connectivity index (χ1) is 13.5. The van der Waals surface area contributed by atoms with Gasteiger partial charge in [-0.2, -0.15) is 13.2 Å². The average molecular weight is 423 g/mol. The van der Waals surface area contributed by atoms with Gasteiger partial charge in [0.05, 0.1) is 12.7 Å². The molecule has 0 spiro atoms. The molecule has 2 aromatic carbocycles. The lowest BCUT2D eigenvalue weighted by Gasteiger charge is -2.14. The topological polar surface area (TPSA) is 55.4 Å². The van der Waals surface area contributed by atoms with Crippen molar-refractivity contribution in [1.29, 1.82) is 0 Å². The second-order valence-corrected chi connectivity index (χ2v) is 5.74. The van der Waals surface area contributed by atoms with Crippen molar-refractivity contribution in [2.75, 3.05) is 12.4 Å². The highest BCUT2D eigenvalue weighted by molar-refractivity contribution is 5.91. The lowest BCUT2D eigenvalue weighted by molar-refractivity contribution is -0.143. The van der Waals surface area contributed by atoms with Gasteiger partial charge in [0, 0.05) is 6.42 Å². The Morgan fingerprint density at radius 2 is 1.45 bits per heavy atom. The number of ether oxygens (including phenoxy) is 1. The molecule has 0 bridgehead atoms. The first-order valence-electron chi connectivity index (χ1n) is 7.87. The predicted octanol–water partition coefficient (Wildman–Crippen LogP) is 4.62. The Balaban J connectivity index is 2.14. The first kappa shape index (κ1) is 22.2. The Hall–Kier alpha value is -3.11. The van der Waals surface area contributed by atoms with Crippen LogP contribution in [-0.2, 0) is 22.1 Å². The van der Waals surface area contributed by atoms with Gasteiger partial charge in [-0.25, -0.2) is 22.4 Å². The molecular formula is C18H12F7NO3. The Bertz CT molecular complexity index is 911. The van der Waals surface area contributed by atoms with E-state index in [1.807, 2.05) is 0 Å². The average Bonchev–Trinajstić information content (AvgIpc) is 2.67. The number of hydrogen-bond acceptors (Lipinski definition) is 3. The van der Waals surface area contributed by atoms with Gasteiger partial charge in [0.25, 0.3) is 0 Å². The summed E-state index contributed by atoms with van der Waals surface area (Å²) in [5, 5.41) is 1.54. The smallest absolute Gasteiger partial charge is 0.422 e. The maximum absolute atomic E-state index is 13.8. The number of benzene rings is 2. The molecule has 0 aromatic heterocycles. The molecule has 29 heavy (non-hydrogen) atoms. The number of amides is 1. The number of hydrogen-bond donors (Lipinski definition) is 1. The van der Waals surface area contributed by atoms with E-state index in [0.29, 0.717) is 5.56 Å². The van der Waals surface area contributed by atoms with Gasteiger partial charge in [-0.3, -0.25) is 4.79 Å². The van der Waals surface area contributed by atoms with Crippen LogP contribution in [0.5, 0.6) is 0 Å². The van der Waals surface area contributed by atoms with Crippen LogP contribution in [0, 0.1) is 23.3 Å². The second-order valence-electron chi connectivity index (χ2n) is 5.74.